The number of nitrogens with one attached hydrogen (secondary N) is 1. The molecule has 3 rings (SSSR count). The van der Waals surface area contributed by atoms with E-state index in [4.69, 9.17) is 0 Å². The quantitative estimate of drug-likeness (QED) is 0.713. The van der Waals surface area contributed by atoms with Gasteiger partial charge in [0.2, 0.25) is 0 Å². The normalized spacial score (nSPS) is 11.1. The van der Waals surface area contributed by atoms with E-state index in [0.717, 1.165) is 22.2 Å². The minimum Gasteiger partial charge on any atom is -0.345 e. The van der Waals surface area contributed by atoms with Gasteiger partial charge in [0, 0.05) is 23.3 Å². The zero-order valence-electron chi connectivity index (χ0n) is 10.0. The summed E-state index contributed by atoms with van der Waals surface area (Å²) in [5.41, 5.74) is 3.02. The van der Waals surface area contributed by atoms with Gasteiger partial charge in [-0.15, -0.1) is 0 Å². The van der Waals surface area contributed by atoms with Crippen LogP contribution in [0.4, 0.5) is 4.39 Å². The Balaban J connectivity index is 2.24. The van der Waals surface area contributed by atoms with Crippen LogP contribution in [0.3, 0.4) is 0 Å². The van der Waals surface area contributed by atoms with Crippen molar-refractivity contribution in [1.29, 1.82) is 0 Å². The molecule has 0 spiro atoms. The van der Waals surface area contributed by atoms with Crippen LogP contribution in [0.15, 0.2) is 24.7 Å². The van der Waals surface area contributed by atoms with Gasteiger partial charge in [-0.2, -0.15) is 0 Å². The highest BCUT2D eigenvalue weighted by Crippen LogP contribution is 2.25. The zero-order chi connectivity index (χ0) is 12.7. The van der Waals surface area contributed by atoms with E-state index in [9.17, 15) is 4.39 Å². The van der Waals surface area contributed by atoms with E-state index in [0.29, 0.717) is 11.5 Å². The van der Waals surface area contributed by atoms with Crippen LogP contribution in [0, 0.1) is 19.7 Å². The molecular weight excluding hydrogens is 231 g/mol. The number of hydrogen-bond acceptors (Lipinski definition) is 3. The standard InChI is InChI=1S/C13H11FN4/c1-7-3-9-10(5-16-12(9)15-4-7)13-17-6-11(14)8(2)18-13/h3-6H,1-2H3,(H,15,16). The van der Waals surface area contributed by atoms with Gasteiger partial charge in [-0.25, -0.2) is 19.3 Å². The third kappa shape index (κ3) is 1.64. The second kappa shape index (κ2) is 3.87. The number of halogens is 1. The third-order valence-electron chi connectivity index (χ3n) is 2.83. The number of nitrogens with zero attached hydrogens (tertiary/aromatic N) is 3. The van der Waals surface area contributed by atoms with E-state index in [2.05, 4.69) is 19.9 Å². The molecule has 4 nitrogen and oxygen atoms in total. The maximum atomic E-state index is 13.2. The Hall–Kier alpha value is -2.30. The topological polar surface area (TPSA) is 54.5 Å². The summed E-state index contributed by atoms with van der Waals surface area (Å²) in [5, 5.41) is 0.945. The Morgan fingerprint density at radius 3 is 2.78 bits per heavy atom. The molecule has 3 aromatic heterocycles. The van der Waals surface area contributed by atoms with Crippen molar-refractivity contribution in [1.82, 2.24) is 19.9 Å². The summed E-state index contributed by atoms with van der Waals surface area (Å²) in [7, 11) is 0. The van der Waals surface area contributed by atoms with Crippen LogP contribution < -0.4 is 0 Å². The van der Waals surface area contributed by atoms with Crippen molar-refractivity contribution in [3.63, 3.8) is 0 Å². The lowest BCUT2D eigenvalue weighted by atomic mass is 10.1. The van der Waals surface area contributed by atoms with Crippen molar-refractivity contribution < 1.29 is 4.39 Å². The van der Waals surface area contributed by atoms with Gasteiger partial charge in [0.05, 0.1) is 11.9 Å². The fourth-order valence-corrected chi connectivity index (χ4v) is 1.87. The van der Waals surface area contributed by atoms with E-state index < -0.39 is 5.82 Å². The van der Waals surface area contributed by atoms with E-state index in [1.807, 2.05) is 13.0 Å². The monoisotopic (exact) mass is 242 g/mol. The first-order chi connectivity index (χ1) is 8.65. The van der Waals surface area contributed by atoms with Crippen LogP contribution >= 0.6 is 0 Å². The smallest absolute Gasteiger partial charge is 0.162 e. The highest BCUT2D eigenvalue weighted by Gasteiger charge is 2.11. The molecule has 0 atom stereocenters. The number of aryl methyl sites for hydroxylation is 2. The molecule has 0 fully saturated rings. The zero-order valence-corrected chi connectivity index (χ0v) is 10.0. The molecule has 0 saturated carbocycles. The highest BCUT2D eigenvalue weighted by molar-refractivity contribution is 5.91. The Morgan fingerprint density at radius 2 is 2.00 bits per heavy atom. The minimum absolute atomic E-state index is 0.343. The molecule has 0 aliphatic carbocycles. The molecule has 0 bridgehead atoms. The third-order valence-corrected chi connectivity index (χ3v) is 2.83. The van der Waals surface area contributed by atoms with Crippen LogP contribution in [0.25, 0.3) is 22.4 Å². The first-order valence-electron chi connectivity index (χ1n) is 5.58. The largest absolute Gasteiger partial charge is 0.345 e. The SMILES string of the molecule is Cc1cnc2[nH]cc(-c3ncc(F)c(C)n3)c2c1. The summed E-state index contributed by atoms with van der Waals surface area (Å²) in [6, 6.07) is 2.01. The Bertz CT molecular complexity index is 733. The summed E-state index contributed by atoms with van der Waals surface area (Å²) in [5.74, 6) is 0.112. The molecule has 3 heterocycles. The van der Waals surface area contributed by atoms with E-state index in [-0.39, 0.29) is 0 Å². The summed E-state index contributed by atoms with van der Waals surface area (Å²) in [6.07, 6.45) is 4.78. The Labute approximate surface area is 103 Å². The van der Waals surface area contributed by atoms with Crippen molar-refractivity contribution in [2.75, 3.05) is 0 Å². The van der Waals surface area contributed by atoms with Crippen molar-refractivity contribution in [3.05, 3.63) is 41.7 Å². The van der Waals surface area contributed by atoms with Gasteiger partial charge in [0.15, 0.2) is 11.6 Å². The number of fused-ring (bicyclic) bond motifs is 1. The molecule has 0 aliphatic heterocycles. The molecule has 0 aromatic carbocycles. The number of H-pyrrole nitrogens is 1. The fourth-order valence-electron chi connectivity index (χ4n) is 1.87. The van der Waals surface area contributed by atoms with E-state index in [1.165, 1.54) is 6.20 Å². The van der Waals surface area contributed by atoms with Gasteiger partial charge in [-0.3, -0.25) is 0 Å². The Morgan fingerprint density at radius 1 is 1.17 bits per heavy atom. The summed E-state index contributed by atoms with van der Waals surface area (Å²) < 4.78 is 13.2. The first kappa shape index (κ1) is 10.8. The first-order valence-corrected chi connectivity index (χ1v) is 5.58. The number of rotatable bonds is 1. The molecule has 5 heteroatoms. The van der Waals surface area contributed by atoms with Gasteiger partial charge in [0.1, 0.15) is 5.65 Å². The van der Waals surface area contributed by atoms with Crippen molar-refractivity contribution in [2.24, 2.45) is 0 Å². The molecular formula is C13H11FN4. The lowest BCUT2D eigenvalue weighted by molar-refractivity contribution is 0.602. The number of aromatic nitrogens is 4. The van der Waals surface area contributed by atoms with Gasteiger partial charge >= 0.3 is 0 Å². The molecule has 0 amide bonds. The molecule has 1 N–H and O–H groups in total. The van der Waals surface area contributed by atoms with Crippen LogP contribution in [-0.2, 0) is 0 Å². The van der Waals surface area contributed by atoms with Gasteiger partial charge in [-0.05, 0) is 25.5 Å². The molecule has 0 unspecified atom stereocenters. The van der Waals surface area contributed by atoms with E-state index >= 15 is 0 Å². The average Bonchev–Trinajstić information content (AvgIpc) is 2.75. The molecule has 0 saturated heterocycles. The van der Waals surface area contributed by atoms with Gasteiger partial charge in [0.25, 0.3) is 0 Å². The maximum Gasteiger partial charge on any atom is 0.162 e. The maximum absolute atomic E-state index is 13.2. The van der Waals surface area contributed by atoms with Crippen LogP contribution in [0.1, 0.15) is 11.3 Å². The summed E-state index contributed by atoms with van der Waals surface area (Å²) in [4.78, 5) is 15.5. The number of aromatic amines is 1. The minimum atomic E-state index is -0.395. The predicted octanol–water partition coefficient (Wildman–Crippen LogP) is 2.78. The van der Waals surface area contributed by atoms with Crippen LogP contribution in [0.5, 0.6) is 0 Å². The average molecular weight is 242 g/mol. The van der Waals surface area contributed by atoms with Gasteiger partial charge in [-0.1, -0.05) is 0 Å². The molecule has 0 aliphatic rings. The highest BCUT2D eigenvalue weighted by atomic mass is 19.1. The molecule has 90 valence electrons. The van der Waals surface area contributed by atoms with Crippen LogP contribution in [-0.4, -0.2) is 19.9 Å². The molecule has 0 radical (unpaired) electrons. The lowest BCUT2D eigenvalue weighted by Crippen LogP contribution is -1.94. The second-order valence-electron chi connectivity index (χ2n) is 4.24. The van der Waals surface area contributed by atoms with Crippen LogP contribution in [0.2, 0.25) is 0 Å². The van der Waals surface area contributed by atoms with Crippen molar-refractivity contribution in [2.45, 2.75) is 13.8 Å². The summed E-state index contributed by atoms with van der Waals surface area (Å²) in [6.45, 7) is 3.60. The predicted molar refractivity (Wildman–Crippen MR) is 66.6 cm³/mol. The summed E-state index contributed by atoms with van der Waals surface area (Å²) >= 11 is 0. The van der Waals surface area contributed by atoms with Crippen molar-refractivity contribution >= 4 is 11.0 Å². The second-order valence-corrected chi connectivity index (χ2v) is 4.24. The van der Waals surface area contributed by atoms with Crippen molar-refractivity contribution in [3.8, 4) is 11.4 Å². The van der Waals surface area contributed by atoms with Gasteiger partial charge < -0.3 is 4.98 Å². The molecule has 3 aromatic rings. The number of hydrogen-bond donors (Lipinski definition) is 1. The lowest BCUT2D eigenvalue weighted by Gasteiger charge is -2.00. The number of pyridine rings is 1. The fraction of sp³-hybridized carbons (Fsp3) is 0.154. The Kier molecular flexibility index (Phi) is 2.33. The van der Waals surface area contributed by atoms with E-state index in [1.54, 1.807) is 19.3 Å². The molecule has 18 heavy (non-hydrogen) atoms.